The lowest BCUT2D eigenvalue weighted by Gasteiger charge is -2.37. The molecule has 2 fully saturated rings. The van der Waals surface area contributed by atoms with Gasteiger partial charge >= 0.3 is 0 Å². The molecule has 4 heterocycles. The maximum absolute atomic E-state index is 12.6. The van der Waals surface area contributed by atoms with Gasteiger partial charge in [0, 0.05) is 67.1 Å². The number of hydrogen-bond donors (Lipinski definition) is 0. The summed E-state index contributed by atoms with van der Waals surface area (Å²) in [5.41, 5.74) is 7.38. The second-order valence-electron chi connectivity index (χ2n) is 14.1. The average molecular weight is 723 g/mol. The van der Waals surface area contributed by atoms with Crippen LogP contribution in [0.3, 0.4) is 0 Å². The molecule has 0 amide bonds. The van der Waals surface area contributed by atoms with Crippen molar-refractivity contribution in [1.29, 1.82) is 0 Å². The first-order chi connectivity index (χ1) is 26.5. The Morgan fingerprint density at radius 2 is 1.41 bits per heavy atom. The Kier molecular flexibility index (Phi) is 10.3. The molecule has 0 aliphatic carbocycles. The SMILES string of the molecule is CCC(C)n1ncc(-c2ccc(N3CCN(c4ccc(OCC5COC(Cn6cccn6)(c6ccc(-c7ccccc7)cc6)O5)cc4)CC3)cc2)cc1=O. The summed E-state index contributed by atoms with van der Waals surface area (Å²) in [5.74, 6) is -0.175. The second kappa shape index (κ2) is 15.7. The number of benzene rings is 4. The smallest absolute Gasteiger partial charge is 0.267 e. The third kappa shape index (κ3) is 7.67. The molecule has 3 atom stereocenters. The van der Waals surface area contributed by atoms with E-state index in [1.54, 1.807) is 23.1 Å². The van der Waals surface area contributed by atoms with E-state index in [2.05, 4.69) is 99.7 Å². The van der Waals surface area contributed by atoms with Crippen LogP contribution in [0.15, 0.2) is 139 Å². The van der Waals surface area contributed by atoms with Crippen LogP contribution in [-0.4, -0.2) is 65.1 Å². The Labute approximate surface area is 316 Å². The molecule has 54 heavy (non-hydrogen) atoms. The monoisotopic (exact) mass is 722 g/mol. The first-order valence-corrected chi connectivity index (χ1v) is 18.8. The summed E-state index contributed by atoms with van der Waals surface area (Å²) in [6, 6.07) is 39.2. The van der Waals surface area contributed by atoms with Crippen LogP contribution in [0.2, 0.25) is 0 Å². The minimum atomic E-state index is -0.971. The fourth-order valence-corrected chi connectivity index (χ4v) is 7.24. The first-order valence-electron chi connectivity index (χ1n) is 18.8. The molecule has 4 aromatic carbocycles. The number of nitrogens with zero attached hydrogens (tertiary/aromatic N) is 6. The van der Waals surface area contributed by atoms with Crippen molar-refractivity contribution in [1.82, 2.24) is 19.6 Å². The van der Waals surface area contributed by atoms with E-state index in [9.17, 15) is 4.79 Å². The van der Waals surface area contributed by atoms with Crippen molar-refractivity contribution in [3.63, 3.8) is 0 Å². The highest BCUT2D eigenvalue weighted by Crippen LogP contribution is 2.37. The van der Waals surface area contributed by atoms with Crippen LogP contribution in [-0.2, 0) is 21.8 Å². The van der Waals surface area contributed by atoms with Crippen molar-refractivity contribution in [3.05, 3.63) is 150 Å². The topological polar surface area (TPSA) is 86.9 Å². The number of piperazine rings is 1. The third-order valence-electron chi connectivity index (χ3n) is 10.5. The van der Waals surface area contributed by atoms with E-state index in [1.807, 2.05) is 54.2 Å². The fourth-order valence-electron chi connectivity index (χ4n) is 7.24. The Morgan fingerprint density at radius 1 is 0.778 bits per heavy atom. The highest BCUT2D eigenvalue weighted by molar-refractivity contribution is 5.66. The summed E-state index contributed by atoms with van der Waals surface area (Å²) in [6.45, 7) is 8.94. The van der Waals surface area contributed by atoms with Gasteiger partial charge in [0.2, 0.25) is 5.79 Å². The molecular formula is C44H46N6O4. The molecule has 276 valence electrons. The van der Waals surface area contributed by atoms with Gasteiger partial charge in [-0.05, 0) is 72.5 Å². The molecule has 8 rings (SSSR count). The minimum Gasteiger partial charge on any atom is -0.491 e. The van der Waals surface area contributed by atoms with Crippen LogP contribution in [0.1, 0.15) is 31.9 Å². The molecule has 0 N–H and O–H groups in total. The molecule has 0 saturated carbocycles. The van der Waals surface area contributed by atoms with Crippen LogP contribution < -0.4 is 20.1 Å². The van der Waals surface area contributed by atoms with Gasteiger partial charge < -0.3 is 24.0 Å². The number of aromatic nitrogens is 4. The Balaban J connectivity index is 0.848. The Morgan fingerprint density at radius 3 is 2.04 bits per heavy atom. The summed E-state index contributed by atoms with van der Waals surface area (Å²) in [6.07, 6.45) is 6.10. The van der Waals surface area contributed by atoms with Gasteiger partial charge in [-0.15, -0.1) is 0 Å². The highest BCUT2D eigenvalue weighted by atomic mass is 16.8. The molecule has 0 bridgehead atoms. The van der Waals surface area contributed by atoms with E-state index in [0.717, 1.165) is 66.2 Å². The predicted molar refractivity (Wildman–Crippen MR) is 212 cm³/mol. The van der Waals surface area contributed by atoms with Gasteiger partial charge in [-0.1, -0.05) is 73.7 Å². The standard InChI is InChI=1S/C44H46N6O4/c1-3-33(2)50-43(51)28-37(29-46-50)36-12-16-39(17-13-36)47-24-26-48(27-25-47)40-18-20-41(21-19-40)52-30-42-31-53-44(54-42,32-49-23-7-22-45-49)38-14-10-35(11-15-38)34-8-5-4-6-9-34/h4-23,28-29,33,42H,3,24-27,30-32H2,1-2H3. The normalized spacial score (nSPS) is 19.2. The van der Waals surface area contributed by atoms with Crippen molar-refractivity contribution >= 4 is 11.4 Å². The highest BCUT2D eigenvalue weighted by Gasteiger charge is 2.44. The molecule has 10 heteroatoms. The van der Waals surface area contributed by atoms with E-state index in [4.69, 9.17) is 14.2 Å². The molecule has 2 aliphatic rings. The average Bonchev–Trinajstić information content (AvgIpc) is 3.91. The zero-order valence-corrected chi connectivity index (χ0v) is 30.8. The Hall–Kier alpha value is -5.71. The summed E-state index contributed by atoms with van der Waals surface area (Å²) < 4.78 is 22.7. The molecule has 0 spiro atoms. The maximum atomic E-state index is 12.6. The molecular weight excluding hydrogens is 677 g/mol. The van der Waals surface area contributed by atoms with Gasteiger partial charge in [0.1, 0.15) is 18.5 Å². The van der Waals surface area contributed by atoms with Crippen molar-refractivity contribution in [2.45, 2.75) is 44.7 Å². The van der Waals surface area contributed by atoms with Crippen LogP contribution in [0.25, 0.3) is 22.3 Å². The zero-order valence-electron chi connectivity index (χ0n) is 30.8. The second-order valence-corrected chi connectivity index (χ2v) is 14.1. The predicted octanol–water partition coefficient (Wildman–Crippen LogP) is 7.42. The molecule has 0 radical (unpaired) electrons. The van der Waals surface area contributed by atoms with Crippen LogP contribution in [0, 0.1) is 0 Å². The molecule has 2 aromatic heterocycles. The van der Waals surface area contributed by atoms with Gasteiger partial charge in [-0.2, -0.15) is 10.2 Å². The third-order valence-corrected chi connectivity index (χ3v) is 10.5. The zero-order chi connectivity index (χ0) is 36.9. The van der Waals surface area contributed by atoms with Gasteiger partial charge in [-0.25, -0.2) is 4.68 Å². The van der Waals surface area contributed by atoms with E-state index >= 15 is 0 Å². The first kappa shape index (κ1) is 35.3. The van der Waals surface area contributed by atoms with Crippen LogP contribution in [0.4, 0.5) is 11.4 Å². The Bertz CT molecular complexity index is 2160. The number of hydrogen-bond acceptors (Lipinski definition) is 8. The molecule has 10 nitrogen and oxygen atoms in total. The van der Waals surface area contributed by atoms with Crippen LogP contribution in [0.5, 0.6) is 5.75 Å². The lowest BCUT2D eigenvalue weighted by Crippen LogP contribution is -2.46. The number of rotatable bonds is 12. The van der Waals surface area contributed by atoms with E-state index in [1.165, 1.54) is 11.4 Å². The largest absolute Gasteiger partial charge is 0.491 e. The summed E-state index contributed by atoms with van der Waals surface area (Å²) in [5, 5.41) is 8.84. The van der Waals surface area contributed by atoms with Gasteiger partial charge in [-0.3, -0.25) is 9.48 Å². The number of ether oxygens (including phenoxy) is 3. The molecule has 2 aliphatic heterocycles. The van der Waals surface area contributed by atoms with Crippen LogP contribution >= 0.6 is 0 Å². The maximum Gasteiger partial charge on any atom is 0.267 e. The van der Waals surface area contributed by atoms with E-state index in [0.29, 0.717) is 19.8 Å². The van der Waals surface area contributed by atoms with E-state index in [-0.39, 0.29) is 17.7 Å². The van der Waals surface area contributed by atoms with Crippen molar-refractivity contribution in [2.75, 3.05) is 49.2 Å². The number of anilines is 2. The lowest BCUT2D eigenvalue weighted by molar-refractivity contribution is -0.190. The molecule has 6 aromatic rings. The summed E-state index contributed by atoms with van der Waals surface area (Å²) >= 11 is 0. The fraction of sp³-hybridized carbons (Fsp3) is 0.295. The quantitative estimate of drug-likeness (QED) is 0.129. The van der Waals surface area contributed by atoms with Gasteiger partial charge in [0.25, 0.3) is 5.56 Å². The van der Waals surface area contributed by atoms with Crippen molar-refractivity contribution in [2.24, 2.45) is 0 Å². The van der Waals surface area contributed by atoms with Crippen molar-refractivity contribution < 1.29 is 14.2 Å². The molecule has 2 saturated heterocycles. The van der Waals surface area contributed by atoms with Gasteiger partial charge in [0.15, 0.2) is 0 Å². The van der Waals surface area contributed by atoms with Gasteiger partial charge in [0.05, 0.1) is 25.4 Å². The van der Waals surface area contributed by atoms with Crippen molar-refractivity contribution in [3.8, 4) is 28.0 Å². The lowest BCUT2D eigenvalue weighted by atomic mass is 10.00. The van der Waals surface area contributed by atoms with E-state index < -0.39 is 5.79 Å². The summed E-state index contributed by atoms with van der Waals surface area (Å²) in [7, 11) is 0. The summed E-state index contributed by atoms with van der Waals surface area (Å²) in [4.78, 5) is 17.4. The molecule has 3 unspecified atom stereocenters. The minimum absolute atomic E-state index is 0.0654.